The van der Waals surface area contributed by atoms with Crippen molar-refractivity contribution in [3.05, 3.63) is 22.9 Å². The van der Waals surface area contributed by atoms with Gasteiger partial charge in [0.25, 0.3) is 0 Å². The zero-order valence-corrected chi connectivity index (χ0v) is 8.53. The van der Waals surface area contributed by atoms with E-state index in [-0.39, 0.29) is 11.4 Å². The highest BCUT2D eigenvalue weighted by atomic mass is 16.4. The van der Waals surface area contributed by atoms with Crippen molar-refractivity contribution in [3.8, 4) is 0 Å². The molecule has 0 aromatic carbocycles. The lowest BCUT2D eigenvalue weighted by Crippen LogP contribution is -2.28. The van der Waals surface area contributed by atoms with Crippen LogP contribution in [0.25, 0.3) is 0 Å². The summed E-state index contributed by atoms with van der Waals surface area (Å²) >= 11 is 0. The Morgan fingerprint density at radius 3 is 3.07 bits per heavy atom. The molecule has 2 heterocycles. The van der Waals surface area contributed by atoms with Crippen molar-refractivity contribution in [3.63, 3.8) is 0 Å². The second-order valence-corrected chi connectivity index (χ2v) is 3.82. The summed E-state index contributed by atoms with van der Waals surface area (Å²) in [5.41, 5.74) is 7.58. The number of hydrogen-bond donors (Lipinski definition) is 2. The van der Waals surface area contributed by atoms with E-state index in [0.717, 1.165) is 30.8 Å². The van der Waals surface area contributed by atoms with Gasteiger partial charge in [0.05, 0.1) is 5.69 Å². The number of nitrogens with two attached hydrogens (primary N) is 1. The number of rotatable bonds is 1. The SMILES string of the molecule is CN1CCc2cc(C(=O)O)c(N)nc2C1. The summed E-state index contributed by atoms with van der Waals surface area (Å²) in [4.78, 5) is 17.1. The number of carboxylic acid groups (broad SMARTS) is 1. The van der Waals surface area contributed by atoms with Crippen LogP contribution >= 0.6 is 0 Å². The summed E-state index contributed by atoms with van der Waals surface area (Å²) in [7, 11) is 2.01. The van der Waals surface area contributed by atoms with Crippen molar-refractivity contribution in [2.45, 2.75) is 13.0 Å². The Bertz CT molecular complexity index is 417. The van der Waals surface area contributed by atoms with Crippen molar-refractivity contribution < 1.29 is 9.90 Å². The van der Waals surface area contributed by atoms with E-state index in [2.05, 4.69) is 9.88 Å². The van der Waals surface area contributed by atoms with Crippen LogP contribution in [0.3, 0.4) is 0 Å². The lowest BCUT2D eigenvalue weighted by Gasteiger charge is -2.24. The molecule has 1 aromatic heterocycles. The van der Waals surface area contributed by atoms with Crippen LogP contribution < -0.4 is 5.73 Å². The van der Waals surface area contributed by atoms with E-state index >= 15 is 0 Å². The fourth-order valence-electron chi connectivity index (χ4n) is 1.78. The van der Waals surface area contributed by atoms with E-state index in [9.17, 15) is 4.79 Å². The molecule has 5 nitrogen and oxygen atoms in total. The van der Waals surface area contributed by atoms with Gasteiger partial charge in [-0.3, -0.25) is 0 Å². The largest absolute Gasteiger partial charge is 0.478 e. The number of aromatic carboxylic acids is 1. The van der Waals surface area contributed by atoms with Crippen LogP contribution in [-0.4, -0.2) is 34.6 Å². The Kier molecular flexibility index (Phi) is 2.32. The van der Waals surface area contributed by atoms with E-state index in [4.69, 9.17) is 10.8 Å². The van der Waals surface area contributed by atoms with Crippen molar-refractivity contribution in [1.82, 2.24) is 9.88 Å². The number of likely N-dealkylation sites (N-methyl/N-ethyl adjacent to an activating group) is 1. The first kappa shape index (κ1) is 9.92. The first-order valence-corrected chi connectivity index (χ1v) is 4.78. The molecule has 1 aliphatic rings. The molecule has 3 N–H and O–H groups in total. The molecule has 0 radical (unpaired) electrons. The van der Waals surface area contributed by atoms with E-state index in [1.807, 2.05) is 7.05 Å². The first-order valence-electron chi connectivity index (χ1n) is 4.78. The number of hydrogen-bond acceptors (Lipinski definition) is 4. The molecule has 0 atom stereocenters. The van der Waals surface area contributed by atoms with Gasteiger partial charge in [-0.1, -0.05) is 0 Å². The molecular weight excluding hydrogens is 194 g/mol. The first-order chi connectivity index (χ1) is 7.08. The number of fused-ring (bicyclic) bond motifs is 1. The van der Waals surface area contributed by atoms with Crippen molar-refractivity contribution in [2.24, 2.45) is 0 Å². The minimum absolute atomic E-state index is 0.108. The molecule has 0 spiro atoms. The smallest absolute Gasteiger partial charge is 0.339 e. The number of carboxylic acids is 1. The van der Waals surface area contributed by atoms with Gasteiger partial charge < -0.3 is 15.7 Å². The normalized spacial score (nSPS) is 16.1. The van der Waals surface area contributed by atoms with Gasteiger partial charge in [-0.15, -0.1) is 0 Å². The van der Waals surface area contributed by atoms with Crippen molar-refractivity contribution in [1.29, 1.82) is 0 Å². The third kappa shape index (κ3) is 1.78. The minimum Gasteiger partial charge on any atom is -0.478 e. The Balaban J connectivity index is 2.46. The van der Waals surface area contributed by atoms with Gasteiger partial charge in [0, 0.05) is 13.1 Å². The molecule has 0 saturated heterocycles. The van der Waals surface area contributed by atoms with E-state index < -0.39 is 5.97 Å². The van der Waals surface area contributed by atoms with Gasteiger partial charge in [0.1, 0.15) is 11.4 Å². The van der Waals surface area contributed by atoms with Gasteiger partial charge in [-0.25, -0.2) is 9.78 Å². The maximum Gasteiger partial charge on any atom is 0.339 e. The predicted molar refractivity (Wildman–Crippen MR) is 55.6 cm³/mol. The molecule has 0 amide bonds. The van der Waals surface area contributed by atoms with Crippen molar-refractivity contribution >= 4 is 11.8 Å². The van der Waals surface area contributed by atoms with Crippen LogP contribution in [-0.2, 0) is 13.0 Å². The van der Waals surface area contributed by atoms with Crippen LogP contribution in [0, 0.1) is 0 Å². The fraction of sp³-hybridized carbons (Fsp3) is 0.400. The zero-order chi connectivity index (χ0) is 11.0. The summed E-state index contributed by atoms with van der Waals surface area (Å²) in [6.45, 7) is 1.66. The summed E-state index contributed by atoms with van der Waals surface area (Å²) in [5.74, 6) is -0.904. The van der Waals surface area contributed by atoms with Gasteiger partial charge in [-0.2, -0.15) is 0 Å². The Morgan fingerprint density at radius 1 is 1.67 bits per heavy atom. The second kappa shape index (κ2) is 3.51. The zero-order valence-electron chi connectivity index (χ0n) is 8.53. The highest BCUT2D eigenvalue weighted by Crippen LogP contribution is 2.20. The van der Waals surface area contributed by atoms with E-state index in [0.29, 0.717) is 0 Å². The second-order valence-electron chi connectivity index (χ2n) is 3.82. The quantitative estimate of drug-likeness (QED) is 0.694. The summed E-state index contributed by atoms with van der Waals surface area (Å²) in [6.07, 6.45) is 0.833. The number of nitrogens with zero attached hydrogens (tertiary/aromatic N) is 2. The Hall–Kier alpha value is -1.62. The summed E-state index contributed by atoms with van der Waals surface area (Å²) < 4.78 is 0. The number of nitrogen functional groups attached to an aromatic ring is 1. The molecular formula is C10H13N3O2. The molecule has 80 valence electrons. The molecule has 0 aliphatic carbocycles. The average Bonchev–Trinajstić information content (AvgIpc) is 2.15. The van der Waals surface area contributed by atoms with Crippen LogP contribution in [0.1, 0.15) is 21.6 Å². The standard InChI is InChI=1S/C10H13N3O2/c1-13-3-2-6-4-7(10(14)15)9(11)12-8(6)5-13/h4H,2-3,5H2,1H3,(H2,11,12)(H,14,15). The third-order valence-corrected chi connectivity index (χ3v) is 2.63. The topological polar surface area (TPSA) is 79.5 Å². The Labute approximate surface area is 87.5 Å². The molecule has 2 rings (SSSR count). The van der Waals surface area contributed by atoms with Gasteiger partial charge in [0.15, 0.2) is 0 Å². The van der Waals surface area contributed by atoms with Crippen LogP contribution in [0.15, 0.2) is 6.07 Å². The molecule has 0 unspecified atom stereocenters. The number of carbonyl (C=O) groups is 1. The number of pyridine rings is 1. The van der Waals surface area contributed by atoms with Gasteiger partial charge in [0.2, 0.25) is 0 Å². The highest BCUT2D eigenvalue weighted by Gasteiger charge is 2.19. The maximum atomic E-state index is 10.8. The highest BCUT2D eigenvalue weighted by molar-refractivity contribution is 5.92. The lowest BCUT2D eigenvalue weighted by atomic mass is 10.0. The molecule has 0 fully saturated rings. The molecule has 1 aromatic rings. The molecule has 0 saturated carbocycles. The predicted octanol–water partition coefficient (Wildman–Crippen LogP) is 0.350. The third-order valence-electron chi connectivity index (χ3n) is 2.63. The molecule has 15 heavy (non-hydrogen) atoms. The monoisotopic (exact) mass is 207 g/mol. The Morgan fingerprint density at radius 2 is 2.40 bits per heavy atom. The number of aromatic nitrogens is 1. The van der Waals surface area contributed by atoms with Crippen LogP contribution in [0.5, 0.6) is 0 Å². The average molecular weight is 207 g/mol. The van der Waals surface area contributed by atoms with E-state index in [1.54, 1.807) is 6.07 Å². The molecule has 0 bridgehead atoms. The summed E-state index contributed by atoms with van der Waals surface area (Å²) in [5, 5.41) is 8.89. The van der Waals surface area contributed by atoms with Crippen LogP contribution in [0.2, 0.25) is 0 Å². The fourth-order valence-corrected chi connectivity index (χ4v) is 1.78. The van der Waals surface area contributed by atoms with E-state index in [1.165, 1.54) is 0 Å². The maximum absolute atomic E-state index is 10.8. The van der Waals surface area contributed by atoms with Crippen LogP contribution in [0.4, 0.5) is 5.82 Å². The summed E-state index contributed by atoms with van der Waals surface area (Å²) in [6, 6.07) is 1.65. The van der Waals surface area contributed by atoms with Crippen molar-refractivity contribution in [2.75, 3.05) is 19.3 Å². The lowest BCUT2D eigenvalue weighted by molar-refractivity contribution is 0.0697. The van der Waals surface area contributed by atoms with Gasteiger partial charge >= 0.3 is 5.97 Å². The molecule has 1 aliphatic heterocycles. The molecule has 5 heteroatoms. The number of anilines is 1. The minimum atomic E-state index is -1.01. The van der Waals surface area contributed by atoms with Gasteiger partial charge in [-0.05, 0) is 25.1 Å².